The molecule has 8 heteroatoms. The third-order valence-corrected chi connectivity index (χ3v) is 3.93. The monoisotopic (exact) mass is 368 g/mol. The zero-order valence-corrected chi connectivity index (χ0v) is 13.9. The van der Waals surface area contributed by atoms with Crippen molar-refractivity contribution in [2.24, 2.45) is 0 Å². The van der Waals surface area contributed by atoms with E-state index < -0.39 is 5.82 Å². The number of halogens is 2. The maximum atomic E-state index is 13.3. The number of aromatic nitrogens is 4. The van der Waals surface area contributed by atoms with Gasteiger partial charge in [-0.3, -0.25) is 4.79 Å². The number of benzene rings is 2. The highest BCUT2D eigenvalue weighted by atomic mass is 35.5. The molecule has 4 aromatic rings. The van der Waals surface area contributed by atoms with Gasteiger partial charge in [-0.25, -0.2) is 9.07 Å². The van der Waals surface area contributed by atoms with Gasteiger partial charge in [-0.15, -0.1) is 0 Å². The molecule has 2 heterocycles. The molecule has 0 saturated carbocycles. The van der Waals surface area contributed by atoms with Crippen molar-refractivity contribution in [1.29, 1.82) is 0 Å². The predicted octanol–water partition coefficient (Wildman–Crippen LogP) is 3.74. The Morgan fingerprint density at radius 3 is 2.65 bits per heavy atom. The molecule has 0 spiro atoms. The van der Waals surface area contributed by atoms with E-state index in [4.69, 9.17) is 16.1 Å². The Morgan fingerprint density at radius 2 is 1.88 bits per heavy atom. The van der Waals surface area contributed by atoms with Gasteiger partial charge in [-0.1, -0.05) is 35.0 Å². The van der Waals surface area contributed by atoms with Crippen LogP contribution in [-0.2, 0) is 0 Å². The third kappa shape index (κ3) is 3.00. The van der Waals surface area contributed by atoms with Gasteiger partial charge in [0.05, 0.1) is 10.7 Å². The summed E-state index contributed by atoms with van der Waals surface area (Å²) in [4.78, 5) is 16.4. The van der Waals surface area contributed by atoms with Gasteiger partial charge in [0.1, 0.15) is 5.82 Å². The summed E-state index contributed by atoms with van der Waals surface area (Å²) in [7, 11) is 0. The quantitative estimate of drug-likeness (QED) is 0.550. The normalized spacial score (nSPS) is 10.8. The molecule has 0 radical (unpaired) electrons. The number of hydrogen-bond donors (Lipinski definition) is 0. The Bertz CT molecular complexity index is 1140. The van der Waals surface area contributed by atoms with Crippen molar-refractivity contribution < 1.29 is 8.91 Å². The summed E-state index contributed by atoms with van der Waals surface area (Å²) >= 11 is 5.77. The molecule has 2 aromatic heterocycles. The third-order valence-electron chi connectivity index (χ3n) is 3.64. The first-order valence-corrected chi connectivity index (χ1v) is 7.94. The average Bonchev–Trinajstić information content (AvgIpc) is 3.15. The maximum Gasteiger partial charge on any atom is 0.282 e. The summed E-state index contributed by atoms with van der Waals surface area (Å²) in [6.45, 7) is 0. The van der Waals surface area contributed by atoms with Crippen LogP contribution >= 0.6 is 11.6 Å². The molecular weight excluding hydrogens is 359 g/mol. The number of hydrogen-bond acceptors (Lipinski definition) is 5. The summed E-state index contributed by atoms with van der Waals surface area (Å²) in [5, 5.41) is 8.04. The SMILES string of the molecule is O=c1ccn(-c2ccccc2)nc1-c1nc(-c2ccc(F)c(Cl)c2)no1. The van der Waals surface area contributed by atoms with Crippen LogP contribution in [0.15, 0.2) is 70.1 Å². The van der Waals surface area contributed by atoms with Crippen LogP contribution in [0.3, 0.4) is 0 Å². The predicted molar refractivity (Wildman–Crippen MR) is 93.5 cm³/mol. The van der Waals surface area contributed by atoms with Crippen LogP contribution in [-0.4, -0.2) is 19.9 Å². The molecule has 0 bridgehead atoms. The van der Waals surface area contributed by atoms with E-state index in [0.29, 0.717) is 5.56 Å². The van der Waals surface area contributed by atoms with Crippen LogP contribution < -0.4 is 5.43 Å². The van der Waals surface area contributed by atoms with Crippen molar-refractivity contribution >= 4 is 11.6 Å². The fraction of sp³-hybridized carbons (Fsp3) is 0. The molecule has 0 N–H and O–H groups in total. The molecule has 0 unspecified atom stereocenters. The van der Waals surface area contributed by atoms with Crippen LogP contribution in [0.1, 0.15) is 0 Å². The fourth-order valence-electron chi connectivity index (χ4n) is 2.35. The van der Waals surface area contributed by atoms with Crippen LogP contribution in [0.2, 0.25) is 5.02 Å². The summed E-state index contributed by atoms with van der Waals surface area (Å²) in [5.74, 6) is -0.399. The minimum atomic E-state index is -0.547. The lowest BCUT2D eigenvalue weighted by atomic mass is 10.2. The zero-order chi connectivity index (χ0) is 18.1. The van der Waals surface area contributed by atoms with E-state index in [1.807, 2.05) is 30.3 Å². The van der Waals surface area contributed by atoms with E-state index in [1.54, 1.807) is 6.20 Å². The van der Waals surface area contributed by atoms with Gasteiger partial charge < -0.3 is 4.52 Å². The highest BCUT2D eigenvalue weighted by molar-refractivity contribution is 6.31. The van der Waals surface area contributed by atoms with Crippen molar-refractivity contribution in [1.82, 2.24) is 19.9 Å². The van der Waals surface area contributed by atoms with Crippen molar-refractivity contribution in [2.75, 3.05) is 0 Å². The van der Waals surface area contributed by atoms with Gasteiger partial charge in [-0.2, -0.15) is 10.1 Å². The molecule has 128 valence electrons. The smallest absolute Gasteiger partial charge is 0.282 e. The molecule has 26 heavy (non-hydrogen) atoms. The fourth-order valence-corrected chi connectivity index (χ4v) is 2.53. The summed E-state index contributed by atoms with van der Waals surface area (Å²) in [6, 6.07) is 14.7. The molecule has 4 rings (SSSR count). The zero-order valence-electron chi connectivity index (χ0n) is 13.1. The lowest BCUT2D eigenvalue weighted by Gasteiger charge is -2.04. The molecule has 2 aromatic carbocycles. The Hall–Kier alpha value is -3.32. The minimum absolute atomic E-state index is 0.0170. The summed E-state index contributed by atoms with van der Waals surface area (Å²) in [6.07, 6.45) is 1.55. The van der Waals surface area contributed by atoms with Crippen molar-refractivity contribution in [3.63, 3.8) is 0 Å². The molecule has 0 saturated heterocycles. The Morgan fingerprint density at radius 1 is 1.08 bits per heavy atom. The molecule has 0 amide bonds. The highest BCUT2D eigenvalue weighted by Crippen LogP contribution is 2.24. The minimum Gasteiger partial charge on any atom is -0.332 e. The highest BCUT2D eigenvalue weighted by Gasteiger charge is 2.16. The van der Waals surface area contributed by atoms with Gasteiger partial charge in [-0.05, 0) is 30.3 Å². The van der Waals surface area contributed by atoms with E-state index >= 15 is 0 Å². The molecule has 0 aliphatic carbocycles. The Balaban J connectivity index is 1.76. The Kier molecular flexibility index (Phi) is 4.06. The van der Waals surface area contributed by atoms with E-state index in [0.717, 1.165) is 5.69 Å². The van der Waals surface area contributed by atoms with Gasteiger partial charge in [0.2, 0.25) is 11.3 Å². The molecule has 0 aliphatic heterocycles. The average molecular weight is 369 g/mol. The summed E-state index contributed by atoms with van der Waals surface area (Å²) < 4.78 is 20.0. The molecule has 6 nitrogen and oxygen atoms in total. The van der Waals surface area contributed by atoms with Gasteiger partial charge in [0.25, 0.3) is 5.89 Å². The van der Waals surface area contributed by atoms with Crippen LogP contribution in [0, 0.1) is 5.82 Å². The standard InChI is InChI=1S/C18H10ClFN4O2/c19-13-10-11(6-7-14(13)20)17-21-18(26-23-17)16-15(25)8-9-24(22-16)12-4-2-1-3-5-12/h1-10H. The first-order chi connectivity index (χ1) is 12.6. The lowest BCUT2D eigenvalue weighted by molar-refractivity contribution is 0.429. The Labute approximate surface area is 151 Å². The molecular formula is C18H10ClFN4O2. The van der Waals surface area contributed by atoms with Gasteiger partial charge in [0, 0.05) is 17.8 Å². The number of nitrogens with zero attached hydrogens (tertiary/aromatic N) is 4. The van der Waals surface area contributed by atoms with E-state index in [2.05, 4.69) is 15.2 Å². The molecule has 0 atom stereocenters. The largest absolute Gasteiger partial charge is 0.332 e. The van der Waals surface area contributed by atoms with E-state index in [1.165, 1.54) is 28.9 Å². The second kappa shape index (κ2) is 6.53. The first-order valence-electron chi connectivity index (χ1n) is 7.57. The second-order valence-corrected chi connectivity index (χ2v) is 5.77. The summed E-state index contributed by atoms with van der Waals surface area (Å²) in [5.41, 5.74) is 0.900. The van der Waals surface area contributed by atoms with Crippen LogP contribution in [0.4, 0.5) is 4.39 Å². The van der Waals surface area contributed by atoms with Crippen LogP contribution in [0.25, 0.3) is 28.7 Å². The van der Waals surface area contributed by atoms with Crippen LogP contribution in [0.5, 0.6) is 0 Å². The van der Waals surface area contributed by atoms with Crippen molar-refractivity contribution in [3.8, 4) is 28.7 Å². The second-order valence-electron chi connectivity index (χ2n) is 5.36. The lowest BCUT2D eigenvalue weighted by Crippen LogP contribution is -2.12. The molecule has 0 fully saturated rings. The van der Waals surface area contributed by atoms with E-state index in [-0.39, 0.29) is 27.9 Å². The van der Waals surface area contributed by atoms with Crippen molar-refractivity contribution in [2.45, 2.75) is 0 Å². The number of para-hydroxylation sites is 1. The van der Waals surface area contributed by atoms with Crippen molar-refractivity contribution in [3.05, 3.63) is 81.9 Å². The topological polar surface area (TPSA) is 73.8 Å². The molecule has 0 aliphatic rings. The van der Waals surface area contributed by atoms with Gasteiger partial charge in [0.15, 0.2) is 5.69 Å². The van der Waals surface area contributed by atoms with E-state index in [9.17, 15) is 9.18 Å². The number of rotatable bonds is 3. The first kappa shape index (κ1) is 16.2. The maximum absolute atomic E-state index is 13.3. The van der Waals surface area contributed by atoms with Gasteiger partial charge >= 0.3 is 0 Å².